The van der Waals surface area contributed by atoms with Crippen molar-refractivity contribution in [3.63, 3.8) is 0 Å². The first-order valence-electron chi connectivity index (χ1n) is 10.6. The molecule has 0 aliphatic heterocycles. The van der Waals surface area contributed by atoms with Crippen molar-refractivity contribution in [3.8, 4) is 0 Å². The Balaban J connectivity index is 2.45. The highest BCUT2D eigenvalue weighted by Gasteiger charge is 2.36. The van der Waals surface area contributed by atoms with Gasteiger partial charge < -0.3 is 4.90 Å². The molecular formula is C26H41NSi. The molecule has 28 heavy (non-hydrogen) atoms. The molecule has 0 bridgehead atoms. The summed E-state index contributed by atoms with van der Waals surface area (Å²) in [6.45, 7) is 25.8. The molecule has 0 aromatic heterocycles. The van der Waals surface area contributed by atoms with E-state index >= 15 is 0 Å². The van der Waals surface area contributed by atoms with Gasteiger partial charge in [0.05, 0.1) is 8.07 Å². The Morgan fingerprint density at radius 1 is 0.607 bits per heavy atom. The fraction of sp³-hybridized carbons (Fsp3) is 0.538. The van der Waals surface area contributed by atoms with Gasteiger partial charge in [0.25, 0.3) is 0 Å². The van der Waals surface area contributed by atoms with Gasteiger partial charge in [0.15, 0.2) is 0 Å². The zero-order chi connectivity index (χ0) is 21.5. The highest BCUT2D eigenvalue weighted by atomic mass is 28.3. The van der Waals surface area contributed by atoms with Gasteiger partial charge in [-0.25, -0.2) is 0 Å². The minimum absolute atomic E-state index is 0.00173. The van der Waals surface area contributed by atoms with Gasteiger partial charge in [0, 0.05) is 16.9 Å². The van der Waals surface area contributed by atoms with E-state index in [-0.39, 0.29) is 11.0 Å². The van der Waals surface area contributed by atoms with Crippen LogP contribution < -0.4 is 10.1 Å². The molecule has 0 fully saturated rings. The van der Waals surface area contributed by atoms with Crippen molar-refractivity contribution in [3.05, 3.63) is 54.1 Å². The third-order valence-electron chi connectivity index (χ3n) is 6.38. The number of benzene rings is 2. The summed E-state index contributed by atoms with van der Waals surface area (Å²) in [6, 6.07) is 18.5. The Bertz CT molecular complexity index is 779. The van der Waals surface area contributed by atoms with Crippen molar-refractivity contribution in [2.75, 3.05) is 4.90 Å². The molecule has 0 atom stereocenters. The maximum absolute atomic E-state index is 2.48. The van der Waals surface area contributed by atoms with Crippen LogP contribution in [0.3, 0.4) is 0 Å². The van der Waals surface area contributed by atoms with Crippen LogP contribution in [-0.4, -0.2) is 13.6 Å². The number of anilines is 2. The van der Waals surface area contributed by atoms with Gasteiger partial charge in [0.1, 0.15) is 0 Å². The first-order chi connectivity index (χ1) is 12.5. The Kier molecular flexibility index (Phi) is 5.99. The molecule has 0 aliphatic rings. The SMILES string of the molecule is CC(C)(C)c1ccc(N(c2ccc([Si](C)(C)C(C)(C)C)cc2)C(C)(C)C)cc1. The minimum Gasteiger partial charge on any atom is -0.336 e. The maximum Gasteiger partial charge on any atom is 0.0859 e. The normalized spacial score (nSPS) is 13.5. The molecule has 0 unspecified atom stereocenters. The summed E-state index contributed by atoms with van der Waals surface area (Å²) in [6.07, 6.45) is 0. The summed E-state index contributed by atoms with van der Waals surface area (Å²) in [4.78, 5) is 2.45. The molecule has 154 valence electrons. The van der Waals surface area contributed by atoms with Gasteiger partial charge in [0.2, 0.25) is 0 Å². The lowest BCUT2D eigenvalue weighted by Crippen LogP contribution is -2.49. The zero-order valence-electron chi connectivity index (χ0n) is 20.1. The molecule has 0 N–H and O–H groups in total. The molecular weight excluding hydrogens is 354 g/mol. The monoisotopic (exact) mass is 395 g/mol. The van der Waals surface area contributed by atoms with E-state index in [0.717, 1.165) is 0 Å². The second kappa shape index (κ2) is 7.37. The van der Waals surface area contributed by atoms with Gasteiger partial charge in [-0.05, 0) is 61.1 Å². The molecule has 0 heterocycles. The van der Waals surface area contributed by atoms with Gasteiger partial charge in [-0.15, -0.1) is 0 Å². The lowest BCUT2D eigenvalue weighted by Gasteiger charge is -2.40. The summed E-state index contributed by atoms with van der Waals surface area (Å²) in [5, 5.41) is 1.88. The van der Waals surface area contributed by atoms with Crippen molar-refractivity contribution in [1.29, 1.82) is 0 Å². The first kappa shape index (κ1) is 22.7. The summed E-state index contributed by atoms with van der Waals surface area (Å²) >= 11 is 0. The van der Waals surface area contributed by atoms with Crippen LogP contribution in [0.5, 0.6) is 0 Å². The van der Waals surface area contributed by atoms with Crippen LogP contribution >= 0.6 is 0 Å². The molecule has 2 rings (SSSR count). The smallest absolute Gasteiger partial charge is 0.0859 e. The number of nitrogens with zero attached hydrogens (tertiary/aromatic N) is 1. The van der Waals surface area contributed by atoms with Crippen LogP contribution in [0.2, 0.25) is 18.1 Å². The van der Waals surface area contributed by atoms with Crippen molar-refractivity contribution in [2.24, 2.45) is 0 Å². The molecule has 0 saturated heterocycles. The number of rotatable bonds is 3. The third kappa shape index (κ3) is 4.71. The van der Waals surface area contributed by atoms with Crippen LogP contribution in [-0.2, 0) is 5.41 Å². The van der Waals surface area contributed by atoms with Crippen LogP contribution in [0.4, 0.5) is 11.4 Å². The van der Waals surface area contributed by atoms with E-state index in [4.69, 9.17) is 0 Å². The van der Waals surface area contributed by atoms with Gasteiger partial charge >= 0.3 is 0 Å². The van der Waals surface area contributed by atoms with Crippen molar-refractivity contribution < 1.29 is 0 Å². The van der Waals surface area contributed by atoms with Crippen molar-refractivity contribution >= 4 is 24.6 Å². The second-order valence-corrected chi connectivity index (χ2v) is 17.1. The summed E-state index contributed by atoms with van der Waals surface area (Å²) in [7, 11) is -1.51. The van der Waals surface area contributed by atoms with Crippen molar-refractivity contribution in [2.45, 2.75) is 91.4 Å². The van der Waals surface area contributed by atoms with Crippen LogP contribution in [0.15, 0.2) is 48.5 Å². The average molecular weight is 396 g/mol. The molecule has 2 heteroatoms. The molecule has 2 aromatic rings. The molecule has 0 spiro atoms. The molecule has 2 aromatic carbocycles. The van der Waals surface area contributed by atoms with Crippen LogP contribution in [0.1, 0.15) is 67.9 Å². The zero-order valence-corrected chi connectivity index (χ0v) is 21.1. The van der Waals surface area contributed by atoms with Crippen molar-refractivity contribution in [1.82, 2.24) is 0 Å². The summed E-state index contributed by atoms with van der Waals surface area (Å²) in [5.74, 6) is 0. The predicted molar refractivity (Wildman–Crippen MR) is 130 cm³/mol. The molecule has 1 nitrogen and oxygen atoms in total. The first-order valence-corrected chi connectivity index (χ1v) is 13.6. The molecule has 0 radical (unpaired) electrons. The van der Waals surface area contributed by atoms with E-state index in [1.807, 2.05) is 0 Å². The Morgan fingerprint density at radius 3 is 1.32 bits per heavy atom. The lowest BCUT2D eigenvalue weighted by molar-refractivity contribution is 0.559. The van der Waals surface area contributed by atoms with E-state index in [2.05, 4.69) is 129 Å². The number of hydrogen-bond acceptors (Lipinski definition) is 1. The fourth-order valence-electron chi connectivity index (χ4n) is 3.49. The fourth-order valence-corrected chi connectivity index (χ4v) is 5.36. The average Bonchev–Trinajstić information content (AvgIpc) is 2.53. The van der Waals surface area contributed by atoms with E-state index in [1.165, 1.54) is 22.1 Å². The quantitative estimate of drug-likeness (QED) is 0.483. The lowest BCUT2D eigenvalue weighted by atomic mass is 9.87. The topological polar surface area (TPSA) is 3.24 Å². The molecule has 0 aliphatic carbocycles. The van der Waals surface area contributed by atoms with E-state index in [9.17, 15) is 0 Å². The highest BCUT2D eigenvalue weighted by molar-refractivity contribution is 6.92. The Morgan fingerprint density at radius 2 is 1.00 bits per heavy atom. The van der Waals surface area contributed by atoms with Gasteiger partial charge in [-0.3, -0.25) is 0 Å². The van der Waals surface area contributed by atoms with Gasteiger partial charge in [-0.2, -0.15) is 0 Å². The summed E-state index contributed by atoms with van der Waals surface area (Å²) in [5.41, 5.74) is 4.06. The molecule has 0 amide bonds. The standard InChI is InChI=1S/C26H41NSi/c1-24(2,3)20-12-14-21(15-13-20)27(25(4,5)6)22-16-18-23(19-17-22)28(10,11)26(7,8)9/h12-19H,1-11H3. The Labute approximate surface area is 175 Å². The van der Waals surface area contributed by atoms with Gasteiger partial charge in [-0.1, -0.05) is 84.1 Å². The van der Waals surface area contributed by atoms with E-state index in [1.54, 1.807) is 0 Å². The largest absolute Gasteiger partial charge is 0.336 e. The molecule has 0 saturated carbocycles. The third-order valence-corrected chi connectivity index (χ3v) is 11.9. The van der Waals surface area contributed by atoms with Crippen LogP contribution in [0.25, 0.3) is 0 Å². The van der Waals surface area contributed by atoms with Crippen LogP contribution in [0, 0.1) is 0 Å². The number of hydrogen-bond donors (Lipinski definition) is 0. The summed E-state index contributed by atoms with van der Waals surface area (Å²) < 4.78 is 0. The predicted octanol–water partition coefficient (Wildman–Crippen LogP) is 7.64. The second-order valence-electron chi connectivity index (χ2n) is 11.7. The van der Waals surface area contributed by atoms with E-state index in [0.29, 0.717) is 5.04 Å². The minimum atomic E-state index is -1.51. The highest BCUT2D eigenvalue weighted by Crippen LogP contribution is 2.37. The Hall–Kier alpha value is -1.54. The maximum atomic E-state index is 2.48. The van der Waals surface area contributed by atoms with E-state index < -0.39 is 8.07 Å².